The third-order valence-corrected chi connectivity index (χ3v) is 6.56. The van der Waals surface area contributed by atoms with Crippen LogP contribution in [0.2, 0.25) is 5.02 Å². The van der Waals surface area contributed by atoms with Crippen molar-refractivity contribution in [2.45, 2.75) is 32.0 Å². The van der Waals surface area contributed by atoms with Crippen LogP contribution in [0.15, 0.2) is 60.7 Å². The zero-order chi connectivity index (χ0) is 23.8. The molecule has 1 aromatic heterocycles. The van der Waals surface area contributed by atoms with Gasteiger partial charge in [0.1, 0.15) is 11.9 Å². The number of halogens is 1. The highest BCUT2D eigenvalue weighted by Gasteiger charge is 2.45. The molecule has 5 rings (SSSR count). The van der Waals surface area contributed by atoms with Crippen LogP contribution in [0.3, 0.4) is 0 Å². The number of morpholine rings is 2. The summed E-state index contributed by atoms with van der Waals surface area (Å²) in [5.41, 5.74) is 3.57. The smallest absolute Gasteiger partial charge is 0.290 e. The summed E-state index contributed by atoms with van der Waals surface area (Å²) in [4.78, 5) is 19.8. The maximum absolute atomic E-state index is 13.6. The lowest BCUT2D eigenvalue weighted by molar-refractivity contribution is -0.166. The molecule has 7 nitrogen and oxygen atoms in total. The Balaban J connectivity index is 1.47. The minimum atomic E-state index is -0.214. The molecular formula is C26H26ClN3O4. The van der Waals surface area contributed by atoms with Crippen LogP contribution in [0.4, 0.5) is 0 Å². The van der Waals surface area contributed by atoms with Gasteiger partial charge in [0.05, 0.1) is 50.1 Å². The van der Waals surface area contributed by atoms with E-state index in [2.05, 4.69) is 4.98 Å². The maximum atomic E-state index is 13.6. The zero-order valence-electron chi connectivity index (χ0n) is 19.3. The van der Waals surface area contributed by atoms with E-state index in [1.165, 1.54) is 0 Å². The maximum Gasteiger partial charge on any atom is 0.290 e. The van der Waals surface area contributed by atoms with Crippen molar-refractivity contribution in [3.63, 3.8) is 0 Å². The molecule has 0 saturated carbocycles. The predicted molar refractivity (Wildman–Crippen MR) is 129 cm³/mol. The third-order valence-electron chi connectivity index (χ3n) is 6.30. The number of imidazole rings is 1. The highest BCUT2D eigenvalue weighted by molar-refractivity contribution is 6.30. The molecule has 2 saturated heterocycles. The minimum Gasteiger partial charge on any atom is -0.495 e. The number of rotatable bonds is 4. The lowest BCUT2D eigenvalue weighted by Gasteiger charge is -2.47. The topological polar surface area (TPSA) is 65.8 Å². The normalized spacial score (nSPS) is 23.5. The van der Waals surface area contributed by atoms with Gasteiger partial charge in [-0.1, -0.05) is 29.8 Å². The van der Waals surface area contributed by atoms with E-state index in [1.54, 1.807) is 19.5 Å². The molecule has 176 valence electrons. The summed E-state index contributed by atoms with van der Waals surface area (Å²) in [7, 11) is 1.62. The highest BCUT2D eigenvalue weighted by Crippen LogP contribution is 2.36. The van der Waals surface area contributed by atoms with Crippen LogP contribution in [-0.2, 0) is 14.3 Å². The van der Waals surface area contributed by atoms with Crippen molar-refractivity contribution >= 4 is 23.6 Å². The van der Waals surface area contributed by atoms with Crippen LogP contribution >= 0.6 is 11.6 Å². The van der Waals surface area contributed by atoms with E-state index in [-0.39, 0.29) is 24.1 Å². The Morgan fingerprint density at radius 2 is 1.97 bits per heavy atom. The summed E-state index contributed by atoms with van der Waals surface area (Å²) < 4.78 is 19.4. The summed E-state index contributed by atoms with van der Waals surface area (Å²) in [6.45, 7) is 4.77. The molecule has 2 aliphatic heterocycles. The molecule has 0 spiro atoms. The number of methoxy groups -OCH3 is 1. The lowest BCUT2D eigenvalue weighted by Crippen LogP contribution is -2.59. The molecule has 2 aliphatic rings. The Bertz CT molecular complexity index is 1240. The van der Waals surface area contributed by atoms with Crippen LogP contribution in [0, 0.1) is 6.92 Å². The molecule has 0 N–H and O–H groups in total. The molecular weight excluding hydrogens is 454 g/mol. The summed E-state index contributed by atoms with van der Waals surface area (Å²) in [5, 5.41) is 0.655. The second-order valence-electron chi connectivity index (χ2n) is 8.57. The largest absolute Gasteiger partial charge is 0.495 e. The molecule has 0 radical (unpaired) electrons. The van der Waals surface area contributed by atoms with E-state index >= 15 is 0 Å². The fourth-order valence-electron chi connectivity index (χ4n) is 4.54. The Hall–Kier alpha value is -3.29. The van der Waals surface area contributed by atoms with Gasteiger partial charge in [0.2, 0.25) is 0 Å². The number of nitrogens with zero attached hydrogens (tertiary/aromatic N) is 3. The lowest BCUT2D eigenvalue weighted by atomic mass is 9.97. The summed E-state index contributed by atoms with van der Waals surface area (Å²) in [6.07, 6.45) is 5.24. The first kappa shape index (κ1) is 22.5. The Labute approximate surface area is 203 Å². The number of benzene rings is 2. The van der Waals surface area contributed by atoms with Gasteiger partial charge >= 0.3 is 0 Å². The molecule has 0 bridgehead atoms. The molecule has 34 heavy (non-hydrogen) atoms. The standard InChI is InChI=1S/C26H26ClN3O4/c1-16-12-29(15-28-16)21-9-4-18(10-24(21)32-3)11-25-26(31)30-22(17(2)34-25)13-33-14-23(30)19-5-7-20(27)8-6-19/h4-12,15,17,22-23H,13-14H2,1-3H3/b25-11-/t17-,22+,23-/m0/s1. The second kappa shape index (κ2) is 9.16. The predicted octanol–water partition coefficient (Wildman–Crippen LogP) is 4.57. The monoisotopic (exact) mass is 479 g/mol. The van der Waals surface area contributed by atoms with Crippen LogP contribution in [0.25, 0.3) is 11.8 Å². The fraction of sp³-hybridized carbons (Fsp3) is 0.308. The van der Waals surface area contributed by atoms with Gasteiger partial charge < -0.3 is 23.7 Å². The van der Waals surface area contributed by atoms with Crippen molar-refractivity contribution in [1.82, 2.24) is 14.5 Å². The molecule has 8 heteroatoms. The molecule has 2 fully saturated rings. The van der Waals surface area contributed by atoms with Crippen LogP contribution in [0.5, 0.6) is 5.75 Å². The second-order valence-corrected chi connectivity index (χ2v) is 9.01. The molecule has 2 aromatic carbocycles. The van der Waals surface area contributed by atoms with Gasteiger partial charge in [-0.3, -0.25) is 4.79 Å². The van der Waals surface area contributed by atoms with Gasteiger partial charge in [0.15, 0.2) is 5.76 Å². The van der Waals surface area contributed by atoms with E-state index in [0.717, 1.165) is 22.5 Å². The number of carbonyl (C=O) groups excluding carboxylic acids is 1. The van der Waals surface area contributed by atoms with E-state index in [0.29, 0.717) is 29.7 Å². The number of aryl methyl sites for hydroxylation is 1. The average Bonchev–Trinajstić information content (AvgIpc) is 3.28. The Morgan fingerprint density at radius 3 is 2.68 bits per heavy atom. The first-order chi connectivity index (χ1) is 16.4. The van der Waals surface area contributed by atoms with Crippen LogP contribution in [0.1, 0.15) is 29.8 Å². The van der Waals surface area contributed by atoms with Gasteiger partial charge in [0, 0.05) is 11.2 Å². The average molecular weight is 480 g/mol. The number of fused-ring (bicyclic) bond motifs is 1. The quantitative estimate of drug-likeness (QED) is 0.513. The van der Waals surface area contributed by atoms with Gasteiger partial charge in [-0.2, -0.15) is 0 Å². The van der Waals surface area contributed by atoms with Crippen LogP contribution < -0.4 is 4.74 Å². The van der Waals surface area contributed by atoms with Crippen molar-refractivity contribution in [3.05, 3.63) is 82.6 Å². The fourth-order valence-corrected chi connectivity index (χ4v) is 4.67. The van der Waals surface area contributed by atoms with E-state index in [9.17, 15) is 4.79 Å². The molecule has 3 atom stereocenters. The van der Waals surface area contributed by atoms with E-state index in [1.807, 2.05) is 72.0 Å². The molecule has 0 aliphatic carbocycles. The van der Waals surface area contributed by atoms with Crippen molar-refractivity contribution in [2.75, 3.05) is 20.3 Å². The highest BCUT2D eigenvalue weighted by atomic mass is 35.5. The Kier molecular flexibility index (Phi) is 6.06. The van der Waals surface area contributed by atoms with Gasteiger partial charge in [-0.15, -0.1) is 0 Å². The van der Waals surface area contributed by atoms with Crippen molar-refractivity contribution in [1.29, 1.82) is 0 Å². The van der Waals surface area contributed by atoms with E-state index < -0.39 is 0 Å². The first-order valence-corrected chi connectivity index (χ1v) is 11.6. The Morgan fingerprint density at radius 1 is 1.18 bits per heavy atom. The van der Waals surface area contributed by atoms with Crippen molar-refractivity contribution in [2.24, 2.45) is 0 Å². The molecule has 3 heterocycles. The molecule has 0 unspecified atom stereocenters. The summed E-state index contributed by atoms with van der Waals surface area (Å²) in [6, 6.07) is 12.9. The minimum absolute atomic E-state index is 0.153. The first-order valence-electron chi connectivity index (χ1n) is 11.2. The van der Waals surface area contributed by atoms with Crippen molar-refractivity contribution in [3.8, 4) is 11.4 Å². The summed E-state index contributed by atoms with van der Waals surface area (Å²) >= 11 is 6.07. The number of hydrogen-bond donors (Lipinski definition) is 0. The molecule has 3 aromatic rings. The van der Waals surface area contributed by atoms with Gasteiger partial charge in [0.25, 0.3) is 5.91 Å². The number of aromatic nitrogens is 2. The number of carbonyl (C=O) groups is 1. The number of ether oxygens (including phenoxy) is 3. The SMILES string of the molecule is COc1cc(/C=C2\O[C@@H](C)[C@H]3COC[C@@H](c4ccc(Cl)cc4)N3C2=O)ccc1-n1cnc(C)c1. The van der Waals surface area contributed by atoms with Gasteiger partial charge in [-0.05, 0) is 55.3 Å². The number of hydrogen-bond acceptors (Lipinski definition) is 5. The zero-order valence-corrected chi connectivity index (χ0v) is 20.0. The van der Waals surface area contributed by atoms with Gasteiger partial charge in [-0.25, -0.2) is 4.98 Å². The van der Waals surface area contributed by atoms with Crippen LogP contribution in [-0.4, -0.2) is 52.8 Å². The summed E-state index contributed by atoms with van der Waals surface area (Å²) in [5.74, 6) is 0.823. The third kappa shape index (κ3) is 4.17. The molecule has 1 amide bonds. The van der Waals surface area contributed by atoms with E-state index in [4.69, 9.17) is 25.8 Å². The number of amides is 1. The van der Waals surface area contributed by atoms with Crippen molar-refractivity contribution < 1.29 is 19.0 Å².